The summed E-state index contributed by atoms with van der Waals surface area (Å²) in [5.74, 6) is 0.975. The maximum absolute atomic E-state index is 12.3. The van der Waals surface area contributed by atoms with E-state index in [2.05, 4.69) is 19.2 Å². The largest absolute Gasteiger partial charge is 0.383 e. The van der Waals surface area contributed by atoms with Gasteiger partial charge in [0, 0.05) is 26.1 Å². The SMILES string of the molecule is CCC(C)N(CCOC)C(=O)CCC1CCNC1. The minimum atomic E-state index is 0.285. The molecule has 1 aliphatic rings. The summed E-state index contributed by atoms with van der Waals surface area (Å²) < 4.78 is 5.09. The molecule has 2 unspecified atom stereocenters. The molecule has 0 aromatic rings. The quantitative estimate of drug-likeness (QED) is 0.718. The van der Waals surface area contributed by atoms with Crippen molar-refractivity contribution < 1.29 is 9.53 Å². The number of ether oxygens (including phenoxy) is 1. The Hall–Kier alpha value is -0.610. The van der Waals surface area contributed by atoms with Gasteiger partial charge in [-0.05, 0) is 45.2 Å². The van der Waals surface area contributed by atoms with E-state index in [-0.39, 0.29) is 5.91 Å². The number of rotatable bonds is 8. The topological polar surface area (TPSA) is 41.6 Å². The molecule has 1 fully saturated rings. The fourth-order valence-electron chi connectivity index (χ4n) is 2.43. The average Bonchev–Trinajstić information content (AvgIpc) is 2.89. The van der Waals surface area contributed by atoms with Crippen molar-refractivity contribution in [3.63, 3.8) is 0 Å². The summed E-state index contributed by atoms with van der Waals surface area (Å²) in [6, 6.07) is 0.314. The van der Waals surface area contributed by atoms with Crippen LogP contribution in [-0.4, -0.2) is 50.2 Å². The van der Waals surface area contributed by atoms with Crippen molar-refractivity contribution in [1.29, 1.82) is 0 Å². The highest BCUT2D eigenvalue weighted by atomic mass is 16.5. The van der Waals surface area contributed by atoms with Gasteiger partial charge in [-0.1, -0.05) is 6.92 Å². The highest BCUT2D eigenvalue weighted by Gasteiger charge is 2.21. The van der Waals surface area contributed by atoms with Crippen LogP contribution in [0.4, 0.5) is 0 Å². The van der Waals surface area contributed by atoms with Gasteiger partial charge in [0.2, 0.25) is 5.91 Å². The summed E-state index contributed by atoms with van der Waals surface area (Å²) >= 11 is 0. The monoisotopic (exact) mass is 256 g/mol. The molecule has 1 N–H and O–H groups in total. The second kappa shape index (κ2) is 8.48. The molecule has 0 aromatic carbocycles. The lowest BCUT2D eigenvalue weighted by atomic mass is 10.0. The molecule has 2 atom stereocenters. The Labute approximate surface area is 111 Å². The molecule has 18 heavy (non-hydrogen) atoms. The Morgan fingerprint density at radius 1 is 1.56 bits per heavy atom. The zero-order chi connectivity index (χ0) is 13.4. The smallest absolute Gasteiger partial charge is 0.222 e. The van der Waals surface area contributed by atoms with E-state index in [9.17, 15) is 4.79 Å². The van der Waals surface area contributed by atoms with Crippen LogP contribution in [0.2, 0.25) is 0 Å². The van der Waals surface area contributed by atoms with Crippen molar-refractivity contribution in [2.45, 2.75) is 45.6 Å². The standard InChI is InChI=1S/C14H28N2O2/c1-4-12(2)16(9-10-18-3)14(17)6-5-13-7-8-15-11-13/h12-13,15H,4-11H2,1-3H3. The molecular formula is C14H28N2O2. The molecule has 0 bridgehead atoms. The molecule has 1 saturated heterocycles. The summed E-state index contributed by atoms with van der Waals surface area (Å²) in [4.78, 5) is 14.2. The molecule has 4 nitrogen and oxygen atoms in total. The van der Waals surface area contributed by atoms with Gasteiger partial charge >= 0.3 is 0 Å². The molecule has 4 heteroatoms. The highest BCUT2D eigenvalue weighted by Crippen LogP contribution is 2.16. The van der Waals surface area contributed by atoms with Crippen molar-refractivity contribution in [2.75, 3.05) is 33.4 Å². The predicted octanol–water partition coefficient (Wildman–Crippen LogP) is 1.65. The number of nitrogens with zero attached hydrogens (tertiary/aromatic N) is 1. The van der Waals surface area contributed by atoms with E-state index in [4.69, 9.17) is 4.74 Å². The third-order valence-electron chi connectivity index (χ3n) is 3.91. The molecular weight excluding hydrogens is 228 g/mol. The van der Waals surface area contributed by atoms with Crippen LogP contribution in [0.1, 0.15) is 39.5 Å². The van der Waals surface area contributed by atoms with Crippen LogP contribution in [-0.2, 0) is 9.53 Å². The first kappa shape index (κ1) is 15.4. The number of carbonyl (C=O) groups is 1. The van der Waals surface area contributed by atoms with Crippen LogP contribution in [0.15, 0.2) is 0 Å². The van der Waals surface area contributed by atoms with Crippen molar-refractivity contribution in [3.05, 3.63) is 0 Å². The first-order valence-corrected chi connectivity index (χ1v) is 7.18. The van der Waals surface area contributed by atoms with Gasteiger partial charge in [0.1, 0.15) is 0 Å². The van der Waals surface area contributed by atoms with Gasteiger partial charge in [-0.25, -0.2) is 0 Å². The van der Waals surface area contributed by atoms with Gasteiger partial charge in [-0.2, -0.15) is 0 Å². The predicted molar refractivity (Wildman–Crippen MR) is 73.6 cm³/mol. The van der Waals surface area contributed by atoms with E-state index in [1.807, 2.05) is 4.90 Å². The van der Waals surface area contributed by atoms with Crippen molar-refractivity contribution in [2.24, 2.45) is 5.92 Å². The van der Waals surface area contributed by atoms with E-state index in [1.165, 1.54) is 6.42 Å². The van der Waals surface area contributed by atoms with Crippen LogP contribution < -0.4 is 5.32 Å². The van der Waals surface area contributed by atoms with Gasteiger partial charge in [0.25, 0.3) is 0 Å². The van der Waals surface area contributed by atoms with E-state index in [0.717, 1.165) is 25.9 Å². The van der Waals surface area contributed by atoms with Crippen LogP contribution in [0, 0.1) is 5.92 Å². The summed E-state index contributed by atoms with van der Waals surface area (Å²) in [6.07, 6.45) is 3.92. The Bertz CT molecular complexity index is 240. The number of carbonyl (C=O) groups excluding carboxylic acids is 1. The average molecular weight is 256 g/mol. The summed E-state index contributed by atoms with van der Waals surface area (Å²) in [5.41, 5.74) is 0. The van der Waals surface area contributed by atoms with Crippen LogP contribution in [0.25, 0.3) is 0 Å². The summed E-state index contributed by atoms with van der Waals surface area (Å²) in [6.45, 7) is 7.77. The van der Waals surface area contributed by atoms with E-state index in [1.54, 1.807) is 7.11 Å². The maximum atomic E-state index is 12.3. The molecule has 106 valence electrons. The minimum absolute atomic E-state index is 0.285. The molecule has 0 aliphatic carbocycles. The van der Waals surface area contributed by atoms with E-state index < -0.39 is 0 Å². The normalized spacial score (nSPS) is 20.9. The second-order valence-corrected chi connectivity index (χ2v) is 5.23. The second-order valence-electron chi connectivity index (χ2n) is 5.23. The molecule has 0 spiro atoms. The van der Waals surface area contributed by atoms with Gasteiger partial charge in [-0.15, -0.1) is 0 Å². The number of hydrogen-bond acceptors (Lipinski definition) is 3. The van der Waals surface area contributed by atoms with Gasteiger partial charge in [0.15, 0.2) is 0 Å². The lowest BCUT2D eigenvalue weighted by Crippen LogP contribution is -2.40. The summed E-state index contributed by atoms with van der Waals surface area (Å²) in [7, 11) is 1.68. The number of hydrogen-bond donors (Lipinski definition) is 1. The molecule has 1 aliphatic heterocycles. The molecule has 1 heterocycles. The Balaban J connectivity index is 2.36. The Kier molecular flexibility index (Phi) is 7.28. The molecule has 0 saturated carbocycles. The van der Waals surface area contributed by atoms with Crippen molar-refractivity contribution >= 4 is 5.91 Å². The number of methoxy groups -OCH3 is 1. The Morgan fingerprint density at radius 2 is 2.33 bits per heavy atom. The lowest BCUT2D eigenvalue weighted by Gasteiger charge is -2.28. The van der Waals surface area contributed by atoms with Crippen molar-refractivity contribution in [3.8, 4) is 0 Å². The summed E-state index contributed by atoms with van der Waals surface area (Å²) in [5, 5.41) is 3.35. The number of amides is 1. The van der Waals surface area contributed by atoms with Gasteiger partial charge in [-0.3, -0.25) is 4.79 Å². The third kappa shape index (κ3) is 4.94. The number of nitrogens with one attached hydrogen (secondary N) is 1. The lowest BCUT2D eigenvalue weighted by molar-refractivity contribution is -0.134. The molecule has 1 amide bonds. The zero-order valence-electron chi connectivity index (χ0n) is 12.1. The fraction of sp³-hybridized carbons (Fsp3) is 0.929. The Morgan fingerprint density at radius 3 is 2.89 bits per heavy atom. The molecule has 1 rings (SSSR count). The minimum Gasteiger partial charge on any atom is -0.383 e. The third-order valence-corrected chi connectivity index (χ3v) is 3.91. The molecule has 0 radical (unpaired) electrons. The fourth-order valence-corrected chi connectivity index (χ4v) is 2.43. The van der Waals surface area contributed by atoms with Crippen LogP contribution >= 0.6 is 0 Å². The van der Waals surface area contributed by atoms with Gasteiger partial charge < -0.3 is 15.0 Å². The maximum Gasteiger partial charge on any atom is 0.222 e. The van der Waals surface area contributed by atoms with E-state index in [0.29, 0.717) is 31.5 Å². The first-order chi connectivity index (χ1) is 8.69. The highest BCUT2D eigenvalue weighted by molar-refractivity contribution is 5.76. The van der Waals surface area contributed by atoms with Gasteiger partial charge in [0.05, 0.1) is 6.61 Å². The van der Waals surface area contributed by atoms with E-state index >= 15 is 0 Å². The van der Waals surface area contributed by atoms with Crippen LogP contribution in [0.3, 0.4) is 0 Å². The van der Waals surface area contributed by atoms with Crippen molar-refractivity contribution in [1.82, 2.24) is 10.2 Å². The molecule has 0 aromatic heterocycles. The zero-order valence-corrected chi connectivity index (χ0v) is 12.1. The first-order valence-electron chi connectivity index (χ1n) is 7.18. The van der Waals surface area contributed by atoms with Crippen LogP contribution in [0.5, 0.6) is 0 Å².